The molecule has 1 aliphatic rings. The lowest BCUT2D eigenvalue weighted by molar-refractivity contribution is -0.0829. The highest BCUT2D eigenvalue weighted by molar-refractivity contribution is 14.0. The Bertz CT molecular complexity index is 577. The lowest BCUT2D eigenvalue weighted by Crippen LogP contribution is -2.45. The van der Waals surface area contributed by atoms with Crippen LogP contribution in [0.2, 0.25) is 0 Å². The Hall–Kier alpha value is -1.06. The Labute approximate surface area is 180 Å². The number of rotatable bonds is 8. The van der Waals surface area contributed by atoms with E-state index in [9.17, 15) is 0 Å². The van der Waals surface area contributed by atoms with Crippen LogP contribution in [-0.2, 0) is 9.47 Å². The third kappa shape index (κ3) is 7.46. The second-order valence-electron chi connectivity index (χ2n) is 6.71. The zero-order chi connectivity index (χ0) is 18.8. The molecule has 0 aromatic heterocycles. The zero-order valence-corrected chi connectivity index (χ0v) is 19.3. The van der Waals surface area contributed by atoms with Crippen molar-refractivity contribution in [2.75, 3.05) is 53.6 Å². The maximum atomic E-state index is 5.91. The van der Waals surface area contributed by atoms with Crippen LogP contribution in [0.15, 0.2) is 29.3 Å². The number of guanidine groups is 1. The van der Waals surface area contributed by atoms with Gasteiger partial charge in [0.05, 0.1) is 18.7 Å². The van der Waals surface area contributed by atoms with Gasteiger partial charge in [-0.05, 0) is 25.5 Å². The molecule has 0 saturated carbocycles. The predicted octanol–water partition coefficient (Wildman–Crippen LogP) is 3.08. The average Bonchev–Trinajstić information content (AvgIpc) is 2.67. The van der Waals surface area contributed by atoms with Gasteiger partial charge in [0, 0.05) is 46.8 Å². The van der Waals surface area contributed by atoms with E-state index < -0.39 is 0 Å². The number of hydrogen-bond donors (Lipinski definition) is 1. The van der Waals surface area contributed by atoms with Gasteiger partial charge in [0.2, 0.25) is 0 Å². The van der Waals surface area contributed by atoms with E-state index >= 15 is 0 Å². The summed E-state index contributed by atoms with van der Waals surface area (Å²) in [6, 6.07) is 8.08. The summed E-state index contributed by atoms with van der Waals surface area (Å²) in [5.41, 5.74) is 0.939. The van der Waals surface area contributed by atoms with E-state index in [2.05, 4.69) is 30.1 Å². The third-order valence-electron chi connectivity index (χ3n) is 4.83. The van der Waals surface area contributed by atoms with Crippen LogP contribution < -0.4 is 10.1 Å². The minimum Gasteiger partial charge on any atom is -0.491 e. The largest absolute Gasteiger partial charge is 0.491 e. The van der Waals surface area contributed by atoms with Crippen LogP contribution in [0.3, 0.4) is 0 Å². The number of likely N-dealkylation sites (N-methyl/N-ethyl adjacent to an activating group) is 1. The topological polar surface area (TPSA) is 55.3 Å². The summed E-state index contributed by atoms with van der Waals surface area (Å²) in [7, 11) is 3.81. The van der Waals surface area contributed by atoms with Crippen LogP contribution in [0.5, 0.6) is 5.75 Å². The monoisotopic (exact) mass is 491 g/mol. The number of para-hydroxylation sites is 1. The first-order valence-electron chi connectivity index (χ1n) is 9.41. The molecule has 27 heavy (non-hydrogen) atoms. The van der Waals surface area contributed by atoms with E-state index in [0.717, 1.165) is 56.4 Å². The molecule has 1 N–H and O–H groups in total. The Morgan fingerprint density at radius 2 is 2.00 bits per heavy atom. The summed E-state index contributed by atoms with van der Waals surface area (Å²) >= 11 is 0. The first kappa shape index (κ1) is 24.0. The molecule has 0 aliphatic carbocycles. The van der Waals surface area contributed by atoms with Gasteiger partial charge in [-0.15, -0.1) is 24.0 Å². The minimum atomic E-state index is -0.211. The lowest BCUT2D eigenvalue weighted by Gasteiger charge is -2.35. The Morgan fingerprint density at radius 3 is 2.63 bits per heavy atom. The van der Waals surface area contributed by atoms with E-state index in [0.29, 0.717) is 13.2 Å². The smallest absolute Gasteiger partial charge is 0.193 e. The van der Waals surface area contributed by atoms with Crippen molar-refractivity contribution in [1.29, 1.82) is 0 Å². The Kier molecular flexibility index (Phi) is 11.0. The van der Waals surface area contributed by atoms with Crippen molar-refractivity contribution in [2.45, 2.75) is 32.3 Å². The number of halogens is 1. The third-order valence-corrected chi connectivity index (χ3v) is 4.83. The SMILES string of the molecule is CCNC(=NCC1(OC)CCOCC1)N(C)CCOc1ccccc1C.I. The normalized spacial score (nSPS) is 16.4. The molecule has 0 bridgehead atoms. The highest BCUT2D eigenvalue weighted by Gasteiger charge is 2.32. The van der Waals surface area contributed by atoms with Crippen molar-refractivity contribution in [3.05, 3.63) is 29.8 Å². The molecule has 0 atom stereocenters. The van der Waals surface area contributed by atoms with Crippen molar-refractivity contribution < 1.29 is 14.2 Å². The first-order chi connectivity index (χ1) is 12.6. The molecule has 1 fully saturated rings. The molecule has 1 aromatic carbocycles. The molecule has 0 radical (unpaired) electrons. The molecule has 1 aromatic rings. The molecular weight excluding hydrogens is 457 g/mol. The second kappa shape index (κ2) is 12.4. The fourth-order valence-electron chi connectivity index (χ4n) is 2.98. The summed E-state index contributed by atoms with van der Waals surface area (Å²) in [6.07, 6.45) is 1.76. The Morgan fingerprint density at radius 1 is 1.30 bits per heavy atom. The molecule has 2 rings (SSSR count). The molecule has 1 aliphatic heterocycles. The van der Waals surface area contributed by atoms with Gasteiger partial charge in [-0.2, -0.15) is 0 Å². The molecule has 1 heterocycles. The molecule has 1 saturated heterocycles. The summed E-state index contributed by atoms with van der Waals surface area (Å²) in [5.74, 6) is 1.81. The van der Waals surface area contributed by atoms with Crippen molar-refractivity contribution >= 4 is 29.9 Å². The Balaban J connectivity index is 0.00000364. The molecule has 154 valence electrons. The summed E-state index contributed by atoms with van der Waals surface area (Å²) in [4.78, 5) is 6.92. The number of hydrogen-bond acceptors (Lipinski definition) is 4. The molecule has 7 heteroatoms. The number of ether oxygens (including phenoxy) is 3. The van der Waals surface area contributed by atoms with E-state index in [1.807, 2.05) is 25.2 Å². The summed E-state index contributed by atoms with van der Waals surface area (Å²) in [5, 5.41) is 3.36. The minimum absolute atomic E-state index is 0. The number of methoxy groups -OCH3 is 1. The van der Waals surface area contributed by atoms with Gasteiger partial charge in [0.25, 0.3) is 0 Å². The van der Waals surface area contributed by atoms with Gasteiger partial charge in [0.15, 0.2) is 5.96 Å². The molecular formula is C20H34IN3O3. The van der Waals surface area contributed by atoms with Crippen LogP contribution >= 0.6 is 24.0 Å². The average molecular weight is 491 g/mol. The van der Waals surface area contributed by atoms with E-state index in [1.165, 1.54) is 0 Å². The van der Waals surface area contributed by atoms with Crippen LogP contribution in [0.4, 0.5) is 0 Å². The van der Waals surface area contributed by atoms with E-state index in [1.54, 1.807) is 7.11 Å². The van der Waals surface area contributed by atoms with Crippen molar-refractivity contribution in [1.82, 2.24) is 10.2 Å². The van der Waals surface area contributed by atoms with Gasteiger partial charge in [-0.1, -0.05) is 18.2 Å². The number of aryl methyl sites for hydroxylation is 1. The predicted molar refractivity (Wildman–Crippen MR) is 120 cm³/mol. The fourth-order valence-corrected chi connectivity index (χ4v) is 2.98. The van der Waals surface area contributed by atoms with Crippen LogP contribution in [-0.4, -0.2) is 70.1 Å². The number of benzene rings is 1. The molecule has 0 amide bonds. The first-order valence-corrected chi connectivity index (χ1v) is 9.41. The van der Waals surface area contributed by atoms with Crippen molar-refractivity contribution in [2.24, 2.45) is 4.99 Å². The van der Waals surface area contributed by atoms with Crippen molar-refractivity contribution in [3.63, 3.8) is 0 Å². The number of nitrogens with zero attached hydrogens (tertiary/aromatic N) is 2. The maximum Gasteiger partial charge on any atom is 0.193 e. The van der Waals surface area contributed by atoms with Gasteiger partial charge in [0.1, 0.15) is 12.4 Å². The van der Waals surface area contributed by atoms with Crippen molar-refractivity contribution in [3.8, 4) is 5.75 Å². The second-order valence-corrected chi connectivity index (χ2v) is 6.71. The lowest BCUT2D eigenvalue weighted by atomic mass is 9.94. The van der Waals surface area contributed by atoms with E-state index in [-0.39, 0.29) is 29.6 Å². The number of nitrogens with one attached hydrogen (secondary N) is 1. The fraction of sp³-hybridized carbons (Fsp3) is 0.650. The molecule has 0 spiro atoms. The highest BCUT2D eigenvalue weighted by atomic mass is 127. The molecule has 0 unspecified atom stereocenters. The number of aliphatic imine (C=N–C) groups is 1. The van der Waals surface area contributed by atoms with Gasteiger partial charge < -0.3 is 24.4 Å². The van der Waals surface area contributed by atoms with Gasteiger partial charge in [-0.3, -0.25) is 4.99 Å². The zero-order valence-electron chi connectivity index (χ0n) is 17.0. The van der Waals surface area contributed by atoms with Gasteiger partial charge in [-0.25, -0.2) is 0 Å². The molecule has 6 nitrogen and oxygen atoms in total. The van der Waals surface area contributed by atoms with Crippen LogP contribution in [0.1, 0.15) is 25.3 Å². The van der Waals surface area contributed by atoms with Crippen LogP contribution in [0, 0.1) is 6.92 Å². The quantitative estimate of drug-likeness (QED) is 0.344. The van der Waals surface area contributed by atoms with E-state index in [4.69, 9.17) is 19.2 Å². The summed E-state index contributed by atoms with van der Waals surface area (Å²) < 4.78 is 17.1. The van der Waals surface area contributed by atoms with Gasteiger partial charge >= 0.3 is 0 Å². The summed E-state index contributed by atoms with van der Waals surface area (Å²) in [6.45, 7) is 8.43. The highest BCUT2D eigenvalue weighted by Crippen LogP contribution is 2.24. The maximum absolute atomic E-state index is 5.91. The standard InChI is InChI=1S/C20H33N3O3.HI/c1-5-21-19(22-16-20(24-4)10-13-25-14-11-20)23(3)12-15-26-18-9-7-6-8-17(18)2;/h6-9H,5,10-16H2,1-4H3,(H,21,22);1H. The van der Waals surface area contributed by atoms with Crippen LogP contribution in [0.25, 0.3) is 0 Å².